The van der Waals surface area contributed by atoms with Crippen molar-refractivity contribution in [2.45, 2.75) is 31.8 Å². The summed E-state index contributed by atoms with van der Waals surface area (Å²) in [6.07, 6.45) is -0.383. The molecule has 2 atom stereocenters. The van der Waals surface area contributed by atoms with Gasteiger partial charge < -0.3 is 26.0 Å². The van der Waals surface area contributed by atoms with Crippen LogP contribution in [0.5, 0.6) is 0 Å². The number of amides is 1. The number of rotatable bonds is 12. The molecule has 0 aromatic rings. The largest absolute Gasteiger partial charge is 0.480 e. The number of esters is 1. The number of ether oxygens (including phenoxy) is 1. The van der Waals surface area contributed by atoms with Gasteiger partial charge in [-0.3, -0.25) is 14.4 Å². The van der Waals surface area contributed by atoms with Crippen LogP contribution in [-0.2, 0) is 28.7 Å². The molecule has 0 heterocycles. The van der Waals surface area contributed by atoms with Gasteiger partial charge in [-0.15, -0.1) is 0 Å². The zero-order valence-corrected chi connectivity index (χ0v) is 13.8. The summed E-state index contributed by atoms with van der Waals surface area (Å²) in [4.78, 5) is 55.6. The van der Waals surface area contributed by atoms with Crippen LogP contribution in [0.2, 0.25) is 0 Å². The number of carbonyl (C=O) groups is 5. The molecule has 2 unspecified atom stereocenters. The van der Waals surface area contributed by atoms with Crippen molar-refractivity contribution in [1.29, 1.82) is 0 Å². The molecule has 1 amide bonds. The first-order valence-corrected chi connectivity index (χ1v) is 8.12. The quantitative estimate of drug-likeness (QED) is 0.238. The molecule has 0 saturated carbocycles. The number of aliphatic carboxylic acids is 2. The van der Waals surface area contributed by atoms with Gasteiger partial charge in [0, 0.05) is 12.2 Å². The smallest absolute Gasteiger partial charge is 0.375 e. The minimum Gasteiger partial charge on any atom is -0.480 e. The molecule has 0 saturated heterocycles. The highest BCUT2D eigenvalue weighted by molar-refractivity contribution is 8.00. The predicted molar refractivity (Wildman–Crippen MR) is 83.4 cm³/mol. The van der Waals surface area contributed by atoms with E-state index in [9.17, 15) is 24.0 Å². The monoisotopic (exact) mass is 364 g/mol. The lowest BCUT2D eigenvalue weighted by molar-refractivity contribution is -0.152. The van der Waals surface area contributed by atoms with Crippen LogP contribution in [0.1, 0.15) is 19.8 Å². The van der Waals surface area contributed by atoms with E-state index in [2.05, 4.69) is 10.1 Å². The Balaban J connectivity index is 4.29. The van der Waals surface area contributed by atoms with Crippen molar-refractivity contribution < 1.29 is 38.9 Å². The average Bonchev–Trinajstić information content (AvgIpc) is 2.51. The summed E-state index contributed by atoms with van der Waals surface area (Å²) in [7, 11) is 0. The summed E-state index contributed by atoms with van der Waals surface area (Å²) in [5.74, 6) is -5.46. The highest BCUT2D eigenvalue weighted by atomic mass is 32.2. The van der Waals surface area contributed by atoms with Crippen LogP contribution < -0.4 is 11.1 Å². The Kier molecular flexibility index (Phi) is 10.4. The third-order valence-corrected chi connectivity index (χ3v) is 3.69. The van der Waals surface area contributed by atoms with Crippen molar-refractivity contribution in [2.24, 2.45) is 5.73 Å². The fourth-order valence-corrected chi connectivity index (χ4v) is 2.27. The van der Waals surface area contributed by atoms with Gasteiger partial charge in [-0.1, -0.05) is 0 Å². The molecule has 0 aliphatic rings. The van der Waals surface area contributed by atoms with Gasteiger partial charge in [-0.2, -0.15) is 11.8 Å². The molecule has 0 bridgehead atoms. The minimum absolute atomic E-state index is 0.0571. The molecule has 24 heavy (non-hydrogen) atoms. The van der Waals surface area contributed by atoms with Gasteiger partial charge >= 0.3 is 17.9 Å². The number of carbonyl (C=O) groups excluding carboxylic acids is 3. The molecule has 0 rings (SSSR count). The lowest BCUT2D eigenvalue weighted by atomic mass is 10.1. The van der Waals surface area contributed by atoms with Gasteiger partial charge in [-0.25, -0.2) is 9.59 Å². The van der Waals surface area contributed by atoms with Crippen molar-refractivity contribution >= 4 is 41.4 Å². The third kappa shape index (κ3) is 9.10. The molecular formula is C13H20N2O8S. The molecule has 0 spiro atoms. The van der Waals surface area contributed by atoms with E-state index in [0.717, 1.165) is 11.8 Å². The second kappa shape index (κ2) is 11.4. The number of hydrogen-bond acceptors (Lipinski definition) is 8. The van der Waals surface area contributed by atoms with E-state index in [0.29, 0.717) is 0 Å². The number of carboxylic acid groups (broad SMARTS) is 2. The SMILES string of the molecule is CCOC(=O)C(=O)CSCC(NC(=O)CCC(N)C(=O)O)C(=O)O. The van der Waals surface area contributed by atoms with Crippen LogP contribution in [0, 0.1) is 0 Å². The Hall–Kier alpha value is -2.14. The number of nitrogens with two attached hydrogens (primary N) is 1. The number of thioether (sulfide) groups is 1. The van der Waals surface area contributed by atoms with Gasteiger partial charge in [0.2, 0.25) is 11.7 Å². The molecule has 10 nitrogen and oxygen atoms in total. The number of nitrogens with one attached hydrogen (secondary N) is 1. The minimum atomic E-state index is -1.32. The highest BCUT2D eigenvalue weighted by Crippen LogP contribution is 2.05. The van der Waals surface area contributed by atoms with Crippen molar-refractivity contribution in [3.8, 4) is 0 Å². The molecule has 11 heteroatoms. The number of hydrogen-bond donors (Lipinski definition) is 4. The third-order valence-electron chi connectivity index (χ3n) is 2.65. The van der Waals surface area contributed by atoms with Gasteiger partial charge in [0.1, 0.15) is 12.1 Å². The standard InChI is InChI=1S/C13H20N2O8S/c1-2-23-13(22)9(16)6-24-5-8(12(20)21)15-10(17)4-3-7(14)11(18)19/h7-8H,2-6,14H2,1H3,(H,15,17)(H,18,19)(H,20,21). The molecule has 0 fully saturated rings. The average molecular weight is 364 g/mol. The lowest BCUT2D eigenvalue weighted by Gasteiger charge is -2.14. The normalized spacial score (nSPS) is 12.8. The van der Waals surface area contributed by atoms with Gasteiger partial charge in [0.25, 0.3) is 0 Å². The first kappa shape index (κ1) is 21.9. The second-order valence-corrected chi connectivity index (χ2v) is 5.63. The highest BCUT2D eigenvalue weighted by Gasteiger charge is 2.22. The van der Waals surface area contributed by atoms with E-state index in [1.165, 1.54) is 0 Å². The molecule has 5 N–H and O–H groups in total. The van der Waals surface area contributed by atoms with Crippen molar-refractivity contribution in [1.82, 2.24) is 5.32 Å². The van der Waals surface area contributed by atoms with Crippen molar-refractivity contribution in [2.75, 3.05) is 18.1 Å². The van der Waals surface area contributed by atoms with Crippen LogP contribution >= 0.6 is 11.8 Å². The predicted octanol–water partition coefficient (Wildman–Crippen LogP) is -1.39. The molecule has 0 aliphatic heterocycles. The molecular weight excluding hydrogens is 344 g/mol. The van der Waals surface area contributed by atoms with Crippen LogP contribution in [0.3, 0.4) is 0 Å². The summed E-state index contributed by atoms with van der Waals surface area (Å²) in [6, 6.07) is -2.49. The molecule has 0 aliphatic carbocycles. The van der Waals surface area contributed by atoms with Crippen LogP contribution in [0.4, 0.5) is 0 Å². The van der Waals surface area contributed by atoms with Crippen LogP contribution in [0.15, 0.2) is 0 Å². The molecule has 136 valence electrons. The maximum absolute atomic E-state index is 11.6. The first-order valence-electron chi connectivity index (χ1n) is 6.97. The Labute approximate surface area is 142 Å². The van der Waals surface area contributed by atoms with Crippen LogP contribution in [0.25, 0.3) is 0 Å². The lowest BCUT2D eigenvalue weighted by Crippen LogP contribution is -2.43. The molecule has 0 aromatic heterocycles. The fourth-order valence-electron chi connectivity index (χ4n) is 1.39. The Morgan fingerprint density at radius 2 is 1.79 bits per heavy atom. The number of Topliss-reactive ketones (excluding diaryl/α,β-unsaturated/α-hetero) is 1. The first-order chi connectivity index (χ1) is 11.2. The molecule has 0 aromatic carbocycles. The topological polar surface area (TPSA) is 173 Å². The Morgan fingerprint density at radius 1 is 1.17 bits per heavy atom. The second-order valence-electron chi connectivity index (χ2n) is 4.60. The summed E-state index contributed by atoms with van der Waals surface area (Å²) >= 11 is 0.859. The maximum Gasteiger partial charge on any atom is 0.375 e. The zero-order valence-electron chi connectivity index (χ0n) is 13.0. The van der Waals surface area contributed by atoms with E-state index in [1.807, 2.05) is 0 Å². The Morgan fingerprint density at radius 3 is 2.29 bits per heavy atom. The maximum atomic E-state index is 11.6. The fraction of sp³-hybridized carbons (Fsp3) is 0.615. The van der Waals surface area contributed by atoms with E-state index >= 15 is 0 Å². The van der Waals surface area contributed by atoms with E-state index in [4.69, 9.17) is 15.9 Å². The number of carboxylic acids is 2. The van der Waals surface area contributed by atoms with Gasteiger partial charge in [0.15, 0.2) is 0 Å². The molecule has 0 radical (unpaired) electrons. The zero-order chi connectivity index (χ0) is 18.7. The number of ketones is 1. The summed E-state index contributed by atoms with van der Waals surface area (Å²) in [5, 5.41) is 19.8. The van der Waals surface area contributed by atoms with Crippen molar-refractivity contribution in [3.63, 3.8) is 0 Å². The summed E-state index contributed by atoms with van der Waals surface area (Å²) in [6.45, 7) is 1.60. The van der Waals surface area contributed by atoms with Gasteiger partial charge in [0.05, 0.1) is 12.4 Å². The Bertz CT molecular complexity index is 496. The van der Waals surface area contributed by atoms with E-state index in [-0.39, 0.29) is 31.0 Å². The van der Waals surface area contributed by atoms with Crippen molar-refractivity contribution in [3.05, 3.63) is 0 Å². The van der Waals surface area contributed by atoms with E-state index in [1.54, 1.807) is 6.92 Å². The summed E-state index contributed by atoms with van der Waals surface area (Å²) in [5.41, 5.74) is 5.24. The van der Waals surface area contributed by atoms with Crippen LogP contribution in [-0.4, -0.2) is 70.0 Å². The van der Waals surface area contributed by atoms with E-state index < -0.39 is 41.7 Å². The van der Waals surface area contributed by atoms with Gasteiger partial charge in [-0.05, 0) is 13.3 Å². The summed E-state index contributed by atoms with van der Waals surface area (Å²) < 4.78 is 4.50.